The van der Waals surface area contributed by atoms with Crippen molar-refractivity contribution in [1.29, 1.82) is 0 Å². The third-order valence-corrected chi connectivity index (χ3v) is 5.77. The second-order valence-corrected chi connectivity index (χ2v) is 8.90. The maximum atomic E-state index is 13.2. The van der Waals surface area contributed by atoms with Crippen molar-refractivity contribution in [2.45, 2.75) is 45.1 Å². The molecule has 0 aliphatic carbocycles. The number of hydrogen-bond acceptors (Lipinski definition) is 3. The van der Waals surface area contributed by atoms with Crippen LogP contribution in [0, 0.1) is 5.82 Å². The molecular formula is C27H27FN2O3. The molecule has 0 aliphatic heterocycles. The Morgan fingerprint density at radius 2 is 1.67 bits per heavy atom. The molecular weight excluding hydrogens is 419 g/mol. The van der Waals surface area contributed by atoms with E-state index in [1.807, 2.05) is 32.0 Å². The SMILES string of the molecule is CC(C)(CCCCc1ccccc1)NC(=O)n1c(=O)oc2cc(-c3ccc(F)cc3)ccc21. The van der Waals surface area contributed by atoms with Crippen LogP contribution < -0.4 is 11.1 Å². The van der Waals surface area contributed by atoms with E-state index in [-0.39, 0.29) is 5.82 Å². The van der Waals surface area contributed by atoms with Crippen molar-refractivity contribution in [3.63, 3.8) is 0 Å². The van der Waals surface area contributed by atoms with Crippen LogP contribution in [-0.2, 0) is 6.42 Å². The number of amides is 1. The Labute approximate surface area is 191 Å². The molecule has 0 saturated heterocycles. The van der Waals surface area contributed by atoms with Crippen LogP contribution in [0.2, 0.25) is 0 Å². The maximum absolute atomic E-state index is 13.2. The summed E-state index contributed by atoms with van der Waals surface area (Å²) in [5.41, 5.74) is 3.07. The predicted molar refractivity (Wildman–Crippen MR) is 128 cm³/mol. The minimum atomic E-state index is -0.737. The number of carbonyl (C=O) groups is 1. The lowest BCUT2D eigenvalue weighted by molar-refractivity contribution is 0.227. The van der Waals surface area contributed by atoms with Crippen LogP contribution in [0.3, 0.4) is 0 Å². The predicted octanol–water partition coefficient (Wildman–Crippen LogP) is 6.15. The summed E-state index contributed by atoms with van der Waals surface area (Å²) < 4.78 is 19.6. The van der Waals surface area contributed by atoms with Gasteiger partial charge in [-0.1, -0.05) is 55.0 Å². The van der Waals surface area contributed by atoms with Crippen LogP contribution in [0.4, 0.5) is 9.18 Å². The number of fused-ring (bicyclic) bond motifs is 1. The highest BCUT2D eigenvalue weighted by Crippen LogP contribution is 2.25. The number of halogens is 1. The minimum Gasteiger partial charge on any atom is -0.407 e. The molecule has 0 bridgehead atoms. The van der Waals surface area contributed by atoms with Crippen molar-refractivity contribution in [3.8, 4) is 11.1 Å². The zero-order chi connectivity index (χ0) is 23.4. The van der Waals surface area contributed by atoms with Crippen LogP contribution in [0.1, 0.15) is 38.7 Å². The monoisotopic (exact) mass is 446 g/mol. The third-order valence-electron chi connectivity index (χ3n) is 5.77. The van der Waals surface area contributed by atoms with Gasteiger partial charge < -0.3 is 9.73 Å². The van der Waals surface area contributed by atoms with Gasteiger partial charge in [0.05, 0.1) is 5.52 Å². The number of nitrogens with one attached hydrogen (secondary N) is 1. The summed E-state index contributed by atoms with van der Waals surface area (Å²) in [5, 5.41) is 2.97. The van der Waals surface area contributed by atoms with Crippen molar-refractivity contribution in [2.24, 2.45) is 0 Å². The average molecular weight is 447 g/mol. The molecule has 4 aromatic rings. The Bertz CT molecular complexity index is 1300. The van der Waals surface area contributed by atoms with Gasteiger partial charge >= 0.3 is 11.8 Å². The molecule has 0 unspecified atom stereocenters. The summed E-state index contributed by atoms with van der Waals surface area (Å²) >= 11 is 0. The van der Waals surface area contributed by atoms with Crippen LogP contribution >= 0.6 is 0 Å². The Morgan fingerprint density at radius 3 is 2.39 bits per heavy atom. The molecule has 1 heterocycles. The van der Waals surface area contributed by atoms with Gasteiger partial charge in [-0.25, -0.2) is 14.0 Å². The standard InChI is InChI=1S/C27H27FN2O3/c1-27(2,17-7-6-10-19-8-4-3-5-9-19)29-25(31)30-23-16-13-21(18-24(23)33-26(30)32)20-11-14-22(28)15-12-20/h3-5,8-9,11-16,18H,6-7,10,17H2,1-2H3,(H,29,31). The van der Waals surface area contributed by atoms with E-state index in [0.29, 0.717) is 11.1 Å². The molecule has 0 atom stereocenters. The highest BCUT2D eigenvalue weighted by Gasteiger charge is 2.24. The Hall–Kier alpha value is -3.67. The quantitative estimate of drug-likeness (QED) is 0.346. The zero-order valence-electron chi connectivity index (χ0n) is 18.8. The molecule has 1 amide bonds. The molecule has 1 aromatic heterocycles. The van der Waals surface area contributed by atoms with Gasteiger partial charge in [-0.2, -0.15) is 4.57 Å². The molecule has 0 aliphatic rings. The second-order valence-electron chi connectivity index (χ2n) is 8.90. The maximum Gasteiger partial charge on any atom is 0.428 e. The number of unbranched alkanes of at least 4 members (excludes halogenated alkanes) is 1. The number of nitrogens with zero attached hydrogens (tertiary/aromatic N) is 1. The fourth-order valence-electron chi connectivity index (χ4n) is 3.98. The molecule has 3 aromatic carbocycles. The molecule has 1 N–H and O–H groups in total. The van der Waals surface area contributed by atoms with Crippen LogP contribution in [0.15, 0.2) is 82.0 Å². The topological polar surface area (TPSA) is 64.2 Å². The summed E-state index contributed by atoms with van der Waals surface area (Å²) in [5.74, 6) is -1.06. The van der Waals surface area contributed by atoms with Crippen molar-refractivity contribution in [1.82, 2.24) is 9.88 Å². The summed E-state index contributed by atoms with van der Waals surface area (Å²) in [6, 6.07) is 21.0. The molecule has 0 radical (unpaired) electrons. The van der Waals surface area contributed by atoms with E-state index >= 15 is 0 Å². The van der Waals surface area contributed by atoms with Gasteiger partial charge in [0.2, 0.25) is 0 Å². The average Bonchev–Trinajstić information content (AvgIpc) is 3.12. The van der Waals surface area contributed by atoms with Crippen LogP contribution in [-0.4, -0.2) is 16.1 Å². The Balaban J connectivity index is 1.44. The fourth-order valence-corrected chi connectivity index (χ4v) is 3.98. The molecule has 6 heteroatoms. The van der Waals surface area contributed by atoms with Crippen molar-refractivity contribution >= 4 is 17.1 Å². The molecule has 0 fully saturated rings. The summed E-state index contributed by atoms with van der Waals surface area (Å²) in [7, 11) is 0. The van der Waals surface area contributed by atoms with Gasteiger partial charge in [0.1, 0.15) is 5.82 Å². The van der Waals surface area contributed by atoms with E-state index in [2.05, 4.69) is 17.4 Å². The molecule has 0 spiro atoms. The van der Waals surface area contributed by atoms with Crippen molar-refractivity contribution in [2.75, 3.05) is 0 Å². The number of benzene rings is 3. The highest BCUT2D eigenvalue weighted by atomic mass is 19.1. The second kappa shape index (κ2) is 9.45. The lowest BCUT2D eigenvalue weighted by atomic mass is 9.96. The molecule has 5 nitrogen and oxygen atoms in total. The van der Waals surface area contributed by atoms with E-state index in [1.54, 1.807) is 30.3 Å². The number of aryl methyl sites for hydroxylation is 1. The number of carbonyl (C=O) groups excluding carboxylic acids is 1. The Kier molecular flexibility index (Phi) is 6.45. The van der Waals surface area contributed by atoms with Gasteiger partial charge in [0, 0.05) is 5.54 Å². The first-order valence-corrected chi connectivity index (χ1v) is 11.1. The first kappa shape index (κ1) is 22.5. The van der Waals surface area contributed by atoms with Crippen LogP contribution in [0.5, 0.6) is 0 Å². The normalized spacial score (nSPS) is 11.6. The van der Waals surface area contributed by atoms with E-state index in [1.165, 1.54) is 17.7 Å². The van der Waals surface area contributed by atoms with Crippen molar-refractivity contribution in [3.05, 3.63) is 94.7 Å². The summed E-state index contributed by atoms with van der Waals surface area (Å²) in [4.78, 5) is 25.4. The molecule has 0 saturated carbocycles. The first-order valence-electron chi connectivity index (χ1n) is 11.1. The number of rotatable bonds is 7. The molecule has 170 valence electrons. The smallest absolute Gasteiger partial charge is 0.407 e. The summed E-state index contributed by atoms with van der Waals surface area (Å²) in [6.45, 7) is 3.90. The number of oxazole rings is 1. The van der Waals surface area contributed by atoms with Gasteiger partial charge in [-0.3, -0.25) is 0 Å². The van der Waals surface area contributed by atoms with Crippen LogP contribution in [0.25, 0.3) is 22.2 Å². The highest BCUT2D eigenvalue weighted by molar-refractivity contribution is 5.90. The first-order chi connectivity index (χ1) is 15.8. The van der Waals surface area contributed by atoms with E-state index in [0.717, 1.165) is 41.4 Å². The lowest BCUT2D eigenvalue weighted by Gasteiger charge is -2.26. The molecule has 33 heavy (non-hydrogen) atoms. The fraction of sp³-hybridized carbons (Fsp3) is 0.259. The zero-order valence-corrected chi connectivity index (χ0v) is 18.8. The van der Waals surface area contributed by atoms with Gasteiger partial charge in [0.25, 0.3) is 0 Å². The summed E-state index contributed by atoms with van der Waals surface area (Å²) in [6.07, 6.45) is 3.74. The van der Waals surface area contributed by atoms with E-state index in [4.69, 9.17) is 4.42 Å². The largest absolute Gasteiger partial charge is 0.428 e. The number of hydrogen-bond donors (Lipinski definition) is 1. The molecule has 4 rings (SSSR count). The van der Waals surface area contributed by atoms with E-state index in [9.17, 15) is 14.0 Å². The van der Waals surface area contributed by atoms with Gasteiger partial charge in [-0.05, 0) is 74.1 Å². The van der Waals surface area contributed by atoms with Gasteiger partial charge in [-0.15, -0.1) is 0 Å². The number of aromatic nitrogens is 1. The van der Waals surface area contributed by atoms with Crippen molar-refractivity contribution < 1.29 is 13.6 Å². The minimum absolute atomic E-state index is 0.303. The Morgan fingerprint density at radius 1 is 0.970 bits per heavy atom. The van der Waals surface area contributed by atoms with Gasteiger partial charge in [0.15, 0.2) is 5.58 Å². The lowest BCUT2D eigenvalue weighted by Crippen LogP contribution is -2.47. The van der Waals surface area contributed by atoms with E-state index < -0.39 is 17.3 Å². The third kappa shape index (κ3) is 5.40.